The van der Waals surface area contributed by atoms with Crippen LogP contribution < -0.4 is 9.46 Å². The molecule has 0 atom stereocenters. The van der Waals surface area contributed by atoms with Crippen molar-refractivity contribution in [1.29, 1.82) is 0 Å². The number of benzene rings is 2. The Labute approximate surface area is 146 Å². The van der Waals surface area contributed by atoms with Gasteiger partial charge in [-0.25, -0.2) is 13.1 Å². The molecule has 0 amide bonds. The van der Waals surface area contributed by atoms with E-state index < -0.39 is 10.0 Å². The molecule has 0 aromatic heterocycles. The van der Waals surface area contributed by atoms with Crippen LogP contribution in [0.4, 0.5) is 0 Å². The Morgan fingerprint density at radius 2 is 1.83 bits per heavy atom. The van der Waals surface area contributed by atoms with Crippen LogP contribution in [0.3, 0.4) is 0 Å². The number of nitrogens with one attached hydrogen (secondary N) is 1. The molecule has 4 nitrogen and oxygen atoms in total. The summed E-state index contributed by atoms with van der Waals surface area (Å²) < 4.78 is 32.4. The van der Waals surface area contributed by atoms with Crippen LogP contribution in [0.5, 0.6) is 5.75 Å². The number of rotatable bonds is 6. The van der Waals surface area contributed by atoms with Crippen molar-refractivity contribution in [1.82, 2.24) is 4.72 Å². The highest BCUT2D eigenvalue weighted by Gasteiger charge is 2.15. The van der Waals surface area contributed by atoms with Gasteiger partial charge in [-0.05, 0) is 49.2 Å². The summed E-state index contributed by atoms with van der Waals surface area (Å²) in [4.78, 5) is 0.0682. The summed E-state index contributed by atoms with van der Waals surface area (Å²) in [6.45, 7) is 4.33. The Balaban J connectivity index is 1.95. The van der Waals surface area contributed by atoms with E-state index >= 15 is 0 Å². The lowest BCUT2D eigenvalue weighted by Gasteiger charge is -2.12. The molecule has 0 radical (unpaired) electrons. The Bertz CT molecular complexity index is 807. The third-order valence-electron chi connectivity index (χ3n) is 3.41. The van der Waals surface area contributed by atoms with Crippen LogP contribution in [0.2, 0.25) is 10.0 Å². The van der Waals surface area contributed by atoms with Crippen LogP contribution >= 0.6 is 23.2 Å². The smallest absolute Gasteiger partial charge is 0.240 e. The third-order valence-corrected chi connectivity index (χ3v) is 5.61. The van der Waals surface area contributed by atoms with Crippen LogP contribution in [0, 0.1) is 13.8 Å². The second-order valence-electron chi connectivity index (χ2n) is 5.02. The average molecular weight is 374 g/mol. The molecule has 0 unspecified atom stereocenters. The number of sulfonamides is 1. The van der Waals surface area contributed by atoms with Gasteiger partial charge in [0.25, 0.3) is 0 Å². The summed E-state index contributed by atoms with van der Waals surface area (Å²) in [5.74, 6) is 0.749. The van der Waals surface area contributed by atoms with Crippen molar-refractivity contribution in [2.45, 2.75) is 18.7 Å². The fraction of sp³-hybridized carbons (Fsp3) is 0.250. The first-order chi connectivity index (χ1) is 10.8. The number of ether oxygens (including phenoxy) is 1. The molecule has 7 heteroatoms. The molecule has 124 valence electrons. The Hall–Kier alpha value is -1.27. The lowest BCUT2D eigenvalue weighted by molar-refractivity contribution is 0.320. The number of hydrogen-bond donors (Lipinski definition) is 1. The van der Waals surface area contributed by atoms with Gasteiger partial charge in [0.05, 0.1) is 14.9 Å². The van der Waals surface area contributed by atoms with Gasteiger partial charge in [0.15, 0.2) is 0 Å². The Kier molecular flexibility index (Phi) is 5.92. The molecule has 2 aromatic carbocycles. The highest BCUT2D eigenvalue weighted by molar-refractivity contribution is 7.89. The molecule has 0 saturated carbocycles. The first-order valence-electron chi connectivity index (χ1n) is 6.95. The van der Waals surface area contributed by atoms with Gasteiger partial charge in [-0.1, -0.05) is 35.3 Å². The maximum Gasteiger partial charge on any atom is 0.240 e. The topological polar surface area (TPSA) is 55.4 Å². The predicted octanol–water partition coefficient (Wildman–Crippen LogP) is 3.97. The Morgan fingerprint density at radius 1 is 1.09 bits per heavy atom. The first kappa shape index (κ1) is 18.1. The second kappa shape index (κ2) is 7.53. The summed E-state index contributed by atoms with van der Waals surface area (Å²) in [6.07, 6.45) is 0. The van der Waals surface area contributed by atoms with E-state index in [9.17, 15) is 8.42 Å². The Morgan fingerprint density at radius 3 is 2.52 bits per heavy atom. The number of hydrogen-bond acceptors (Lipinski definition) is 3. The monoisotopic (exact) mass is 373 g/mol. The fourth-order valence-electron chi connectivity index (χ4n) is 1.94. The van der Waals surface area contributed by atoms with E-state index in [1.807, 2.05) is 32.0 Å². The minimum atomic E-state index is -3.65. The zero-order chi connectivity index (χ0) is 17.0. The van der Waals surface area contributed by atoms with Crippen LogP contribution in [0.1, 0.15) is 11.1 Å². The van der Waals surface area contributed by atoms with Gasteiger partial charge in [-0.3, -0.25) is 0 Å². The molecule has 2 rings (SSSR count). The molecule has 1 N–H and O–H groups in total. The van der Waals surface area contributed by atoms with Crippen molar-refractivity contribution in [2.24, 2.45) is 0 Å². The van der Waals surface area contributed by atoms with E-state index in [1.54, 1.807) is 0 Å². The molecule has 0 aliphatic carbocycles. The van der Waals surface area contributed by atoms with Gasteiger partial charge in [-0.15, -0.1) is 0 Å². The van der Waals surface area contributed by atoms with Gasteiger partial charge >= 0.3 is 0 Å². The SMILES string of the molecule is Cc1cccc(OCCNS(=O)(=O)c2ccc(Cl)c(Cl)c2)c1C. The molecule has 2 aromatic rings. The molecule has 0 fully saturated rings. The van der Waals surface area contributed by atoms with Crippen LogP contribution in [-0.4, -0.2) is 21.6 Å². The molecule has 0 spiro atoms. The van der Waals surface area contributed by atoms with Crippen molar-refractivity contribution in [2.75, 3.05) is 13.2 Å². The molecule has 0 saturated heterocycles. The van der Waals surface area contributed by atoms with Gasteiger partial charge in [0, 0.05) is 6.54 Å². The minimum Gasteiger partial charge on any atom is -0.492 e. The van der Waals surface area contributed by atoms with Gasteiger partial charge < -0.3 is 4.74 Å². The number of aryl methyl sites for hydroxylation is 1. The van der Waals surface area contributed by atoms with Crippen LogP contribution in [-0.2, 0) is 10.0 Å². The van der Waals surface area contributed by atoms with Crippen molar-refractivity contribution >= 4 is 33.2 Å². The fourth-order valence-corrected chi connectivity index (χ4v) is 3.35. The van der Waals surface area contributed by atoms with Crippen molar-refractivity contribution in [3.63, 3.8) is 0 Å². The van der Waals surface area contributed by atoms with Crippen molar-refractivity contribution in [3.05, 3.63) is 57.6 Å². The molecule has 0 aliphatic rings. The standard InChI is InChI=1S/C16H17Cl2NO3S/c1-11-4-3-5-16(12(11)2)22-9-8-19-23(20,21)13-6-7-14(17)15(18)10-13/h3-7,10,19H,8-9H2,1-2H3. The van der Waals surface area contributed by atoms with Gasteiger partial charge in [0.1, 0.15) is 12.4 Å². The lowest BCUT2D eigenvalue weighted by atomic mass is 10.1. The van der Waals surface area contributed by atoms with Crippen LogP contribution in [0.25, 0.3) is 0 Å². The van der Waals surface area contributed by atoms with E-state index in [-0.39, 0.29) is 23.1 Å². The zero-order valence-electron chi connectivity index (χ0n) is 12.8. The van der Waals surface area contributed by atoms with Crippen molar-refractivity contribution in [3.8, 4) is 5.75 Å². The summed E-state index contributed by atoms with van der Waals surface area (Å²) >= 11 is 11.6. The number of halogens is 2. The largest absolute Gasteiger partial charge is 0.492 e. The highest BCUT2D eigenvalue weighted by atomic mass is 35.5. The summed E-state index contributed by atoms with van der Waals surface area (Å²) in [5, 5.41) is 0.505. The summed E-state index contributed by atoms with van der Waals surface area (Å²) in [5.41, 5.74) is 2.17. The molecular weight excluding hydrogens is 357 g/mol. The van der Waals surface area contributed by atoms with E-state index in [0.717, 1.165) is 16.9 Å². The third kappa shape index (κ3) is 4.61. The van der Waals surface area contributed by atoms with Gasteiger partial charge in [0.2, 0.25) is 10.0 Å². The molecule has 0 bridgehead atoms. The van der Waals surface area contributed by atoms with E-state index in [2.05, 4.69) is 4.72 Å². The van der Waals surface area contributed by atoms with E-state index in [1.165, 1.54) is 18.2 Å². The lowest BCUT2D eigenvalue weighted by Crippen LogP contribution is -2.28. The van der Waals surface area contributed by atoms with Crippen molar-refractivity contribution < 1.29 is 13.2 Å². The molecule has 23 heavy (non-hydrogen) atoms. The molecule has 0 heterocycles. The summed E-state index contributed by atoms with van der Waals surface area (Å²) in [7, 11) is -3.65. The molecular formula is C16H17Cl2NO3S. The quantitative estimate of drug-likeness (QED) is 0.779. The maximum absolute atomic E-state index is 12.2. The van der Waals surface area contributed by atoms with E-state index in [0.29, 0.717) is 5.02 Å². The second-order valence-corrected chi connectivity index (χ2v) is 7.60. The predicted molar refractivity (Wildman–Crippen MR) is 93.1 cm³/mol. The van der Waals surface area contributed by atoms with Gasteiger partial charge in [-0.2, -0.15) is 0 Å². The highest BCUT2D eigenvalue weighted by Crippen LogP contribution is 2.24. The van der Waals surface area contributed by atoms with Crippen LogP contribution in [0.15, 0.2) is 41.3 Å². The normalized spacial score (nSPS) is 11.5. The maximum atomic E-state index is 12.2. The molecule has 0 aliphatic heterocycles. The summed E-state index contributed by atoms with van der Waals surface area (Å²) in [6, 6.07) is 9.92. The first-order valence-corrected chi connectivity index (χ1v) is 9.19. The minimum absolute atomic E-state index is 0.0682. The average Bonchev–Trinajstić information content (AvgIpc) is 2.50. The van der Waals surface area contributed by atoms with E-state index in [4.69, 9.17) is 27.9 Å². The zero-order valence-corrected chi connectivity index (χ0v) is 15.1.